The Morgan fingerprint density at radius 3 is 2.75 bits per heavy atom. The van der Waals surface area contributed by atoms with Crippen LogP contribution in [0.15, 0.2) is 36.7 Å². The zero-order chi connectivity index (χ0) is 22.3. The number of anilines is 2. The Hall–Kier alpha value is -2.65. The lowest BCUT2D eigenvalue weighted by Gasteiger charge is -2.30. The summed E-state index contributed by atoms with van der Waals surface area (Å²) in [6.45, 7) is 3.09. The average molecular weight is 455 g/mol. The second kappa shape index (κ2) is 8.37. The molecule has 170 valence electrons. The molecule has 2 aromatic heterocycles. The summed E-state index contributed by atoms with van der Waals surface area (Å²) in [7, 11) is -3.17. The van der Waals surface area contributed by atoms with Gasteiger partial charge in [-0.05, 0) is 30.9 Å². The third kappa shape index (κ3) is 3.73. The number of nitrogens with two attached hydrogens (primary N) is 1. The maximum Gasteiger partial charge on any atom is 0.214 e. The summed E-state index contributed by atoms with van der Waals surface area (Å²) >= 11 is 0. The molecule has 8 nitrogen and oxygen atoms in total. The van der Waals surface area contributed by atoms with Gasteiger partial charge >= 0.3 is 0 Å². The number of para-hydroxylation sites is 1. The van der Waals surface area contributed by atoms with Crippen molar-refractivity contribution in [2.24, 2.45) is 0 Å². The van der Waals surface area contributed by atoms with E-state index in [0.29, 0.717) is 25.3 Å². The van der Waals surface area contributed by atoms with E-state index in [1.54, 1.807) is 10.5 Å². The Kier molecular flexibility index (Phi) is 5.54. The fraction of sp³-hybridized carbons (Fsp3) is 0.478. The molecule has 0 aliphatic carbocycles. The topological polar surface area (TPSA) is 106 Å². The van der Waals surface area contributed by atoms with Crippen LogP contribution in [0, 0.1) is 0 Å². The van der Waals surface area contributed by atoms with Crippen molar-refractivity contribution in [3.8, 4) is 0 Å². The van der Waals surface area contributed by atoms with Gasteiger partial charge in [0, 0.05) is 43.5 Å². The maximum absolute atomic E-state index is 12.6. The number of nitrogens with one attached hydrogen (secondary N) is 1. The Bertz CT molecular complexity index is 1210. The summed E-state index contributed by atoms with van der Waals surface area (Å²) < 4.78 is 28.9. The molecule has 3 N–H and O–H groups in total. The highest BCUT2D eigenvalue weighted by Gasteiger charge is 2.33. The number of piperidine rings is 1. The first kappa shape index (κ1) is 21.2. The number of rotatable bonds is 6. The third-order valence-electron chi connectivity index (χ3n) is 6.71. The summed E-state index contributed by atoms with van der Waals surface area (Å²) in [5, 5.41) is 3.59. The molecule has 1 aromatic carbocycles. The fourth-order valence-corrected chi connectivity index (χ4v) is 6.64. The van der Waals surface area contributed by atoms with Gasteiger partial charge in [-0.1, -0.05) is 31.5 Å². The van der Waals surface area contributed by atoms with E-state index in [9.17, 15) is 8.42 Å². The summed E-state index contributed by atoms with van der Waals surface area (Å²) in [6, 6.07) is 8.35. The van der Waals surface area contributed by atoms with Gasteiger partial charge in [0.2, 0.25) is 10.0 Å². The van der Waals surface area contributed by atoms with Crippen LogP contribution in [0.1, 0.15) is 61.6 Å². The van der Waals surface area contributed by atoms with Crippen molar-refractivity contribution in [2.45, 2.75) is 51.0 Å². The molecule has 1 saturated heterocycles. The average Bonchev–Trinajstić information content (AvgIpc) is 3.40. The molecule has 0 bridgehead atoms. The minimum atomic E-state index is -3.17. The normalized spacial score (nSPS) is 19.8. The van der Waals surface area contributed by atoms with Crippen LogP contribution in [-0.2, 0) is 16.4 Å². The van der Waals surface area contributed by atoms with Crippen molar-refractivity contribution < 1.29 is 8.42 Å². The zero-order valence-corrected chi connectivity index (χ0v) is 19.2. The molecule has 2 aliphatic rings. The molecule has 5 rings (SSSR count). The molecule has 2 aliphatic heterocycles. The van der Waals surface area contributed by atoms with Gasteiger partial charge in [0.05, 0.1) is 17.5 Å². The quantitative estimate of drug-likeness (QED) is 0.592. The van der Waals surface area contributed by atoms with Gasteiger partial charge in [-0.2, -0.15) is 0 Å². The summed E-state index contributed by atoms with van der Waals surface area (Å²) in [6.07, 6.45) is 7.58. The van der Waals surface area contributed by atoms with Gasteiger partial charge in [0.25, 0.3) is 0 Å². The zero-order valence-electron chi connectivity index (χ0n) is 18.4. The van der Waals surface area contributed by atoms with Crippen molar-refractivity contribution in [1.29, 1.82) is 0 Å². The van der Waals surface area contributed by atoms with E-state index in [1.807, 2.05) is 19.2 Å². The number of nitrogens with zero attached hydrogens (tertiary/aromatic N) is 4. The number of sulfonamides is 1. The molecular formula is C23H30N6O2S. The van der Waals surface area contributed by atoms with Crippen molar-refractivity contribution >= 4 is 27.0 Å². The van der Waals surface area contributed by atoms with E-state index in [4.69, 9.17) is 10.7 Å². The van der Waals surface area contributed by atoms with E-state index in [-0.39, 0.29) is 17.7 Å². The Balaban J connectivity index is 1.42. The van der Waals surface area contributed by atoms with E-state index >= 15 is 0 Å². The summed E-state index contributed by atoms with van der Waals surface area (Å²) in [4.78, 5) is 9.41. The maximum atomic E-state index is 12.6. The monoisotopic (exact) mass is 454 g/mol. The molecule has 1 fully saturated rings. The Labute approximate surface area is 188 Å². The first-order valence-electron chi connectivity index (χ1n) is 11.4. The van der Waals surface area contributed by atoms with Crippen molar-refractivity contribution in [1.82, 2.24) is 18.7 Å². The number of fused-ring (bicyclic) bond motifs is 2. The third-order valence-corrected chi connectivity index (χ3v) is 8.66. The highest BCUT2D eigenvalue weighted by molar-refractivity contribution is 7.89. The van der Waals surface area contributed by atoms with Crippen LogP contribution < -0.4 is 11.1 Å². The lowest BCUT2D eigenvalue weighted by Crippen LogP contribution is -2.39. The van der Waals surface area contributed by atoms with Gasteiger partial charge in [-0.25, -0.2) is 22.7 Å². The predicted octanol–water partition coefficient (Wildman–Crippen LogP) is 3.33. The van der Waals surface area contributed by atoms with Crippen LogP contribution in [0.25, 0.3) is 5.52 Å². The number of imidazole rings is 1. The molecule has 0 radical (unpaired) electrons. The Morgan fingerprint density at radius 2 is 2.00 bits per heavy atom. The Morgan fingerprint density at radius 1 is 1.22 bits per heavy atom. The standard InChI is InChI=1S/C23H30N6O2S/c1-2-3-14-32(30,31)28-11-8-16(9-12-28)23-27-20(21-22(24)25-10-13-29(21)23)19-15-17-6-4-5-7-18(17)26-19/h4-7,10,13,16,19,26H,2-3,8-9,11-12,14-15H2,1H3,(H2,24,25). The number of hydrogen-bond acceptors (Lipinski definition) is 6. The number of aromatic nitrogens is 3. The first-order chi connectivity index (χ1) is 15.5. The summed E-state index contributed by atoms with van der Waals surface area (Å²) in [5.74, 6) is 1.84. The second-order valence-electron chi connectivity index (χ2n) is 8.79. The van der Waals surface area contributed by atoms with Gasteiger partial charge in [0.15, 0.2) is 0 Å². The van der Waals surface area contributed by atoms with Gasteiger partial charge in [0.1, 0.15) is 17.2 Å². The number of unbranched alkanes of at least 4 members (excludes halogenated alkanes) is 1. The highest BCUT2D eigenvalue weighted by atomic mass is 32.2. The van der Waals surface area contributed by atoms with Crippen LogP contribution in [0.5, 0.6) is 0 Å². The number of nitrogen functional groups attached to an aromatic ring is 1. The van der Waals surface area contributed by atoms with Gasteiger partial charge < -0.3 is 11.1 Å². The minimum absolute atomic E-state index is 0.0390. The van der Waals surface area contributed by atoms with Crippen molar-refractivity contribution in [2.75, 3.05) is 29.9 Å². The molecule has 1 atom stereocenters. The van der Waals surface area contributed by atoms with Crippen LogP contribution in [0.4, 0.5) is 11.5 Å². The van der Waals surface area contributed by atoms with E-state index in [1.165, 1.54) is 5.56 Å². The molecule has 0 spiro atoms. The fourth-order valence-electron chi connectivity index (χ4n) is 4.96. The highest BCUT2D eigenvalue weighted by Crippen LogP contribution is 2.38. The lowest BCUT2D eigenvalue weighted by molar-refractivity contribution is 0.312. The van der Waals surface area contributed by atoms with Crippen LogP contribution in [-0.4, -0.2) is 45.9 Å². The van der Waals surface area contributed by atoms with E-state index in [2.05, 4.69) is 32.9 Å². The van der Waals surface area contributed by atoms with Crippen LogP contribution in [0.3, 0.4) is 0 Å². The first-order valence-corrected chi connectivity index (χ1v) is 13.0. The van der Waals surface area contributed by atoms with Gasteiger partial charge in [-0.3, -0.25) is 4.40 Å². The molecule has 0 amide bonds. The molecule has 1 unspecified atom stereocenters. The van der Waals surface area contributed by atoms with Crippen molar-refractivity contribution in [3.63, 3.8) is 0 Å². The molecule has 32 heavy (non-hydrogen) atoms. The van der Waals surface area contributed by atoms with Gasteiger partial charge in [-0.15, -0.1) is 0 Å². The molecule has 4 heterocycles. The summed E-state index contributed by atoms with van der Waals surface area (Å²) in [5.41, 5.74) is 10.5. The van der Waals surface area contributed by atoms with E-state index in [0.717, 1.165) is 48.4 Å². The second-order valence-corrected chi connectivity index (χ2v) is 10.9. The largest absolute Gasteiger partial charge is 0.382 e. The number of benzene rings is 1. The molecular weight excluding hydrogens is 424 g/mol. The predicted molar refractivity (Wildman–Crippen MR) is 126 cm³/mol. The smallest absolute Gasteiger partial charge is 0.214 e. The van der Waals surface area contributed by atoms with Crippen LogP contribution >= 0.6 is 0 Å². The number of hydrogen-bond donors (Lipinski definition) is 2. The molecule has 3 aromatic rings. The minimum Gasteiger partial charge on any atom is -0.382 e. The SMILES string of the molecule is CCCCS(=O)(=O)N1CCC(c2nc(C3Cc4ccccc4N3)c3c(N)nccn23)CC1. The van der Waals surface area contributed by atoms with Crippen LogP contribution in [0.2, 0.25) is 0 Å². The lowest BCUT2D eigenvalue weighted by atomic mass is 9.97. The molecule has 9 heteroatoms. The van der Waals surface area contributed by atoms with Crippen molar-refractivity contribution in [3.05, 3.63) is 53.7 Å². The van der Waals surface area contributed by atoms with E-state index < -0.39 is 10.0 Å². The molecule has 0 saturated carbocycles.